The van der Waals surface area contributed by atoms with Gasteiger partial charge in [0.15, 0.2) is 11.6 Å². The van der Waals surface area contributed by atoms with Crippen molar-refractivity contribution in [3.8, 4) is 33.6 Å². The van der Waals surface area contributed by atoms with Gasteiger partial charge < -0.3 is 9.88 Å². The van der Waals surface area contributed by atoms with Gasteiger partial charge in [0.05, 0.1) is 16.8 Å². The van der Waals surface area contributed by atoms with Gasteiger partial charge in [-0.2, -0.15) is 10.2 Å². The Morgan fingerprint density at radius 1 is 0.547 bits per heavy atom. The number of anilines is 3. The molecule has 370 valence electrons. The first-order valence-electron chi connectivity index (χ1n) is 26.3. The molecule has 7 aromatic carbocycles. The van der Waals surface area contributed by atoms with Crippen molar-refractivity contribution < 1.29 is 0 Å². The maximum absolute atomic E-state index is 4.91. The topological polar surface area (TPSA) is 69.5 Å². The first-order valence-corrected chi connectivity index (χ1v) is 26.3. The molecule has 3 aliphatic rings. The van der Waals surface area contributed by atoms with E-state index in [1.54, 1.807) is 0 Å². The molecule has 6 heteroatoms. The highest BCUT2D eigenvalue weighted by Gasteiger charge is 2.48. The SMILES string of the molecule is C/C=C\C(=C/C)C1(C2=CCC=CC(c3nnc(-c4ccc(C(C)(C)C)cc4)[nH]3)=C2)c2cc(C3=NN=C(c4ccc(C(C)(C)C)cc4)C3)ccc2-c2ccc(-c3ccc(N(c4ccccc4)c4ccccc4)cc3)cc21. The monoisotopic (exact) mass is 977 g/mol. The van der Waals surface area contributed by atoms with Gasteiger partial charge in [-0.1, -0.05) is 199 Å². The summed E-state index contributed by atoms with van der Waals surface area (Å²) >= 11 is 0. The van der Waals surface area contributed by atoms with E-state index < -0.39 is 5.41 Å². The summed E-state index contributed by atoms with van der Waals surface area (Å²) in [5, 5.41) is 19.3. The van der Waals surface area contributed by atoms with Crippen molar-refractivity contribution in [2.45, 2.75) is 84.5 Å². The van der Waals surface area contributed by atoms with Crippen LogP contribution in [0.1, 0.15) is 107 Å². The number of fused-ring (bicyclic) bond motifs is 3. The Balaban J connectivity index is 1.04. The van der Waals surface area contributed by atoms with Gasteiger partial charge >= 0.3 is 0 Å². The summed E-state index contributed by atoms with van der Waals surface area (Å²) in [5.41, 5.74) is 20.8. The molecule has 0 bridgehead atoms. The number of hydrogen-bond acceptors (Lipinski definition) is 5. The number of nitrogens with zero attached hydrogens (tertiary/aromatic N) is 5. The summed E-state index contributed by atoms with van der Waals surface area (Å²) in [6.45, 7) is 17.7. The number of aromatic amines is 1. The minimum Gasteiger partial charge on any atom is -0.321 e. The molecule has 1 N–H and O–H groups in total. The first-order chi connectivity index (χ1) is 36.3. The van der Waals surface area contributed by atoms with E-state index in [1.807, 2.05) is 0 Å². The third-order valence-electron chi connectivity index (χ3n) is 15.1. The largest absolute Gasteiger partial charge is 0.321 e. The smallest absolute Gasteiger partial charge is 0.161 e. The Morgan fingerprint density at radius 2 is 1.05 bits per heavy atom. The Bertz CT molecular complexity index is 3600. The quantitative estimate of drug-likeness (QED) is 0.131. The molecule has 75 heavy (non-hydrogen) atoms. The van der Waals surface area contributed by atoms with E-state index in [0.29, 0.717) is 6.42 Å². The van der Waals surface area contributed by atoms with Crippen molar-refractivity contribution in [1.29, 1.82) is 0 Å². The molecular formula is C69H64N6. The second-order valence-corrected chi connectivity index (χ2v) is 21.9. The molecule has 1 aromatic heterocycles. The van der Waals surface area contributed by atoms with Crippen LogP contribution in [-0.2, 0) is 16.2 Å². The zero-order chi connectivity index (χ0) is 51.9. The van der Waals surface area contributed by atoms with Crippen LogP contribution in [0.5, 0.6) is 0 Å². The number of benzene rings is 7. The predicted octanol–water partition coefficient (Wildman–Crippen LogP) is 17.6. The third kappa shape index (κ3) is 9.20. The molecule has 1 atom stereocenters. The summed E-state index contributed by atoms with van der Waals surface area (Å²) in [7, 11) is 0. The van der Waals surface area contributed by atoms with Crippen LogP contribution in [0.3, 0.4) is 0 Å². The first kappa shape index (κ1) is 48.8. The van der Waals surface area contributed by atoms with Crippen LogP contribution < -0.4 is 4.90 Å². The van der Waals surface area contributed by atoms with Gasteiger partial charge in [-0.25, -0.2) is 0 Å². The van der Waals surface area contributed by atoms with E-state index in [9.17, 15) is 0 Å². The molecule has 8 aromatic rings. The average molecular weight is 977 g/mol. The Hall–Kier alpha value is -8.48. The average Bonchev–Trinajstić information content (AvgIpc) is 4.18. The number of aromatic nitrogens is 3. The molecule has 0 amide bonds. The number of nitrogens with one attached hydrogen (secondary N) is 1. The van der Waals surface area contributed by atoms with Crippen molar-refractivity contribution in [3.63, 3.8) is 0 Å². The molecule has 0 spiro atoms. The van der Waals surface area contributed by atoms with Crippen LogP contribution in [0.2, 0.25) is 0 Å². The van der Waals surface area contributed by atoms with Crippen LogP contribution >= 0.6 is 0 Å². The van der Waals surface area contributed by atoms with Crippen LogP contribution in [0.25, 0.3) is 39.2 Å². The lowest BCUT2D eigenvalue weighted by Crippen LogP contribution is -2.30. The lowest BCUT2D eigenvalue weighted by Gasteiger charge is -2.36. The van der Waals surface area contributed by atoms with E-state index in [1.165, 1.54) is 39.0 Å². The minimum absolute atomic E-state index is 0.0509. The fraction of sp³-hybridized carbons (Fsp3) is 0.188. The Morgan fingerprint density at radius 3 is 1.63 bits per heavy atom. The van der Waals surface area contributed by atoms with Crippen LogP contribution in [0.15, 0.2) is 234 Å². The fourth-order valence-electron chi connectivity index (χ4n) is 11.0. The molecule has 0 fully saturated rings. The lowest BCUT2D eigenvalue weighted by atomic mass is 9.65. The molecule has 2 heterocycles. The number of H-pyrrole nitrogens is 1. The molecule has 11 rings (SSSR count). The summed E-state index contributed by atoms with van der Waals surface area (Å²) in [5.74, 6) is 1.46. The maximum atomic E-state index is 4.91. The van der Waals surface area contributed by atoms with E-state index in [0.717, 1.165) is 85.5 Å². The lowest BCUT2D eigenvalue weighted by molar-refractivity contribution is 0.590. The van der Waals surface area contributed by atoms with Gasteiger partial charge in [0.25, 0.3) is 0 Å². The third-order valence-corrected chi connectivity index (χ3v) is 15.1. The van der Waals surface area contributed by atoms with Crippen molar-refractivity contribution in [3.05, 3.63) is 263 Å². The summed E-state index contributed by atoms with van der Waals surface area (Å²) < 4.78 is 0. The van der Waals surface area contributed by atoms with Crippen LogP contribution in [0.4, 0.5) is 17.1 Å². The molecule has 0 saturated carbocycles. The number of rotatable bonds is 11. The number of para-hydroxylation sites is 2. The van der Waals surface area contributed by atoms with E-state index in [-0.39, 0.29) is 10.8 Å². The maximum Gasteiger partial charge on any atom is 0.161 e. The summed E-state index contributed by atoms with van der Waals surface area (Å²) in [6, 6.07) is 61.7. The zero-order valence-electron chi connectivity index (χ0n) is 44.4. The van der Waals surface area contributed by atoms with Gasteiger partial charge in [-0.15, -0.1) is 10.2 Å². The highest BCUT2D eigenvalue weighted by Crippen LogP contribution is 2.59. The molecule has 2 aliphatic carbocycles. The summed E-state index contributed by atoms with van der Waals surface area (Å²) in [4.78, 5) is 5.93. The van der Waals surface area contributed by atoms with Crippen LogP contribution in [-0.4, -0.2) is 26.6 Å². The van der Waals surface area contributed by atoms with Crippen molar-refractivity contribution in [2.75, 3.05) is 4.90 Å². The standard InChI is InChI=1S/C69H64N6/c1-9-19-52(10-2)69(55-21-18-17-20-51(42-55)66-70-65(73-74-66)48-28-36-54(37-29-48)68(6,7)8)61-43-49(46-30-38-58(39-31-46)75(56-22-13-11-14-23-56)57-24-15-12-16-25-57)32-40-59(61)60-41-33-50(44-62(60)69)64-45-63(71-72-64)47-26-34-53(35-27-47)67(3,4)5/h9-17,19-44H,18,45H2,1-8H3,(H,70,73,74)/b19-9-,52-10+. The highest BCUT2D eigenvalue weighted by molar-refractivity contribution is 6.20. The van der Waals surface area contributed by atoms with Gasteiger partial charge in [-0.3, -0.25) is 0 Å². The molecule has 6 nitrogen and oxygen atoms in total. The number of allylic oxidation sites excluding steroid dienone is 10. The second kappa shape index (κ2) is 19.7. The van der Waals surface area contributed by atoms with Crippen molar-refractivity contribution in [1.82, 2.24) is 15.2 Å². The van der Waals surface area contributed by atoms with E-state index in [2.05, 4.69) is 278 Å². The zero-order valence-corrected chi connectivity index (χ0v) is 44.4. The van der Waals surface area contributed by atoms with Gasteiger partial charge in [0.2, 0.25) is 0 Å². The molecule has 1 aliphatic heterocycles. The summed E-state index contributed by atoms with van der Waals surface area (Å²) in [6.07, 6.45) is 17.3. The van der Waals surface area contributed by atoms with Crippen molar-refractivity contribution in [2.24, 2.45) is 10.2 Å². The van der Waals surface area contributed by atoms with E-state index >= 15 is 0 Å². The van der Waals surface area contributed by atoms with Gasteiger partial charge in [0, 0.05) is 34.6 Å². The second-order valence-electron chi connectivity index (χ2n) is 21.9. The minimum atomic E-state index is -0.732. The molecule has 0 radical (unpaired) electrons. The predicted molar refractivity (Wildman–Crippen MR) is 315 cm³/mol. The highest BCUT2D eigenvalue weighted by atomic mass is 15.2. The van der Waals surface area contributed by atoms with Gasteiger partial charge in [0.1, 0.15) is 0 Å². The molecule has 1 unspecified atom stereocenters. The van der Waals surface area contributed by atoms with Gasteiger partial charge in [-0.05, 0) is 152 Å². The Labute approximate surface area is 443 Å². The van der Waals surface area contributed by atoms with Crippen LogP contribution in [0, 0.1) is 0 Å². The number of hydrogen-bond donors (Lipinski definition) is 1. The molecule has 0 saturated heterocycles. The molecular weight excluding hydrogens is 913 g/mol. The van der Waals surface area contributed by atoms with E-state index in [4.69, 9.17) is 20.4 Å². The normalized spacial score (nSPS) is 16.5. The van der Waals surface area contributed by atoms with Crippen molar-refractivity contribution >= 4 is 34.1 Å². The Kier molecular flexibility index (Phi) is 12.8. The fourth-order valence-corrected chi connectivity index (χ4v) is 11.0.